The lowest BCUT2D eigenvalue weighted by atomic mass is 10.4. The molecule has 5 nitrogen and oxygen atoms in total. The first-order valence-corrected chi connectivity index (χ1v) is 3.19. The molecule has 0 radical (unpaired) electrons. The topological polar surface area (TPSA) is 78.0 Å². The third-order valence-corrected chi connectivity index (χ3v) is 1.15. The van der Waals surface area contributed by atoms with Crippen LogP contribution in [-0.4, -0.2) is 27.6 Å². The van der Waals surface area contributed by atoms with E-state index in [-0.39, 0.29) is 6.54 Å². The van der Waals surface area contributed by atoms with E-state index < -0.39 is 5.97 Å². The molecule has 0 atom stereocenters. The predicted molar refractivity (Wildman–Crippen MR) is 37.9 cm³/mol. The maximum absolute atomic E-state index is 10.0. The number of aromatic nitrogens is 2. The molecule has 11 heavy (non-hydrogen) atoms. The summed E-state index contributed by atoms with van der Waals surface area (Å²) >= 11 is 0. The number of carbonyl (C=O) groups is 1. The zero-order valence-corrected chi connectivity index (χ0v) is 5.87. The Labute approximate surface area is 63.5 Å². The average Bonchev–Trinajstić information content (AvgIpc) is 2.39. The van der Waals surface area contributed by atoms with Crippen molar-refractivity contribution in [1.82, 2.24) is 15.3 Å². The molecule has 0 aliphatic rings. The Morgan fingerprint density at radius 2 is 2.64 bits per heavy atom. The SMILES string of the molecule is O=C(O)CNCc1cnc[nH]1. The minimum absolute atomic E-state index is 0.0288. The molecule has 3 N–H and O–H groups in total. The molecule has 0 aromatic carbocycles. The van der Waals surface area contributed by atoms with E-state index in [0.29, 0.717) is 6.54 Å². The molecule has 0 aliphatic heterocycles. The van der Waals surface area contributed by atoms with E-state index in [1.807, 2.05) is 0 Å². The van der Waals surface area contributed by atoms with Crippen molar-refractivity contribution in [3.63, 3.8) is 0 Å². The first-order valence-electron chi connectivity index (χ1n) is 3.19. The van der Waals surface area contributed by atoms with Gasteiger partial charge in [0.15, 0.2) is 0 Å². The summed E-state index contributed by atoms with van der Waals surface area (Å²) in [7, 11) is 0. The molecule has 1 aromatic rings. The van der Waals surface area contributed by atoms with Gasteiger partial charge in [-0.25, -0.2) is 4.98 Å². The second-order valence-electron chi connectivity index (χ2n) is 2.07. The summed E-state index contributed by atoms with van der Waals surface area (Å²) in [6.45, 7) is 0.477. The lowest BCUT2D eigenvalue weighted by Gasteiger charge is -1.96. The molecule has 0 spiro atoms. The fourth-order valence-corrected chi connectivity index (χ4v) is 0.685. The standard InChI is InChI=1S/C6H9N3O2/c10-6(11)3-7-1-5-2-8-4-9-5/h2,4,7H,1,3H2,(H,8,9)(H,10,11). The quantitative estimate of drug-likeness (QED) is 0.552. The van der Waals surface area contributed by atoms with Crippen LogP contribution in [-0.2, 0) is 11.3 Å². The summed E-state index contributed by atoms with van der Waals surface area (Å²) in [6, 6.07) is 0. The van der Waals surface area contributed by atoms with Gasteiger partial charge in [0.2, 0.25) is 0 Å². The van der Waals surface area contributed by atoms with Gasteiger partial charge in [-0.2, -0.15) is 0 Å². The number of carboxylic acids is 1. The van der Waals surface area contributed by atoms with Crippen LogP contribution in [0.3, 0.4) is 0 Å². The number of aliphatic carboxylic acids is 1. The summed E-state index contributed by atoms with van der Waals surface area (Å²) in [4.78, 5) is 16.7. The van der Waals surface area contributed by atoms with Gasteiger partial charge in [0.1, 0.15) is 0 Å². The molecule has 1 rings (SSSR count). The van der Waals surface area contributed by atoms with Crippen LogP contribution in [0.2, 0.25) is 0 Å². The minimum Gasteiger partial charge on any atom is -0.480 e. The van der Waals surface area contributed by atoms with Gasteiger partial charge in [-0.3, -0.25) is 4.79 Å². The van der Waals surface area contributed by atoms with E-state index >= 15 is 0 Å². The molecular weight excluding hydrogens is 146 g/mol. The van der Waals surface area contributed by atoms with Crippen LogP contribution in [0, 0.1) is 0 Å². The van der Waals surface area contributed by atoms with Gasteiger partial charge in [-0.15, -0.1) is 0 Å². The number of carboxylic acid groups (broad SMARTS) is 1. The average molecular weight is 155 g/mol. The molecule has 0 bridgehead atoms. The van der Waals surface area contributed by atoms with Gasteiger partial charge in [0.25, 0.3) is 0 Å². The van der Waals surface area contributed by atoms with Crippen molar-refractivity contribution in [1.29, 1.82) is 0 Å². The number of imidazole rings is 1. The van der Waals surface area contributed by atoms with Crippen LogP contribution >= 0.6 is 0 Å². The summed E-state index contributed by atoms with van der Waals surface area (Å²) < 4.78 is 0. The first kappa shape index (κ1) is 7.74. The van der Waals surface area contributed by atoms with Crippen molar-refractivity contribution in [2.45, 2.75) is 6.54 Å². The smallest absolute Gasteiger partial charge is 0.317 e. The highest BCUT2D eigenvalue weighted by Crippen LogP contribution is 1.87. The highest BCUT2D eigenvalue weighted by molar-refractivity contribution is 5.68. The molecule has 0 fully saturated rings. The van der Waals surface area contributed by atoms with Crippen LogP contribution < -0.4 is 5.32 Å². The summed E-state index contributed by atoms with van der Waals surface area (Å²) in [5.41, 5.74) is 0.881. The summed E-state index contributed by atoms with van der Waals surface area (Å²) in [6.07, 6.45) is 3.20. The number of nitrogens with one attached hydrogen (secondary N) is 2. The van der Waals surface area contributed by atoms with Crippen LogP contribution in [0.25, 0.3) is 0 Å². The zero-order chi connectivity index (χ0) is 8.10. The number of hydrogen-bond donors (Lipinski definition) is 3. The van der Waals surface area contributed by atoms with Crippen LogP contribution in [0.4, 0.5) is 0 Å². The second kappa shape index (κ2) is 3.72. The summed E-state index contributed by atoms with van der Waals surface area (Å²) in [5, 5.41) is 11.0. The number of nitrogens with zero attached hydrogens (tertiary/aromatic N) is 1. The van der Waals surface area contributed by atoms with Crippen molar-refractivity contribution < 1.29 is 9.90 Å². The summed E-state index contributed by atoms with van der Waals surface area (Å²) in [5.74, 6) is -0.857. The van der Waals surface area contributed by atoms with Gasteiger partial charge < -0.3 is 15.4 Å². The molecule has 60 valence electrons. The monoisotopic (exact) mass is 155 g/mol. The normalized spacial score (nSPS) is 9.82. The van der Waals surface area contributed by atoms with E-state index in [2.05, 4.69) is 15.3 Å². The molecule has 1 aromatic heterocycles. The Bertz CT molecular complexity index is 220. The lowest BCUT2D eigenvalue weighted by Crippen LogP contribution is -2.21. The molecule has 0 aliphatic carbocycles. The Hall–Kier alpha value is -1.36. The second-order valence-corrected chi connectivity index (χ2v) is 2.07. The number of rotatable bonds is 4. The number of aromatic amines is 1. The molecular formula is C6H9N3O2. The highest BCUT2D eigenvalue weighted by Gasteiger charge is 1.95. The fourth-order valence-electron chi connectivity index (χ4n) is 0.685. The zero-order valence-electron chi connectivity index (χ0n) is 5.87. The minimum atomic E-state index is -0.857. The number of H-pyrrole nitrogens is 1. The van der Waals surface area contributed by atoms with Crippen LogP contribution in [0.15, 0.2) is 12.5 Å². The van der Waals surface area contributed by atoms with Gasteiger partial charge in [0, 0.05) is 18.4 Å². The third-order valence-electron chi connectivity index (χ3n) is 1.15. The largest absolute Gasteiger partial charge is 0.480 e. The maximum Gasteiger partial charge on any atom is 0.317 e. The molecule has 0 amide bonds. The van der Waals surface area contributed by atoms with E-state index in [0.717, 1.165) is 5.69 Å². The van der Waals surface area contributed by atoms with E-state index in [4.69, 9.17) is 5.11 Å². The number of hydrogen-bond acceptors (Lipinski definition) is 3. The highest BCUT2D eigenvalue weighted by atomic mass is 16.4. The van der Waals surface area contributed by atoms with Gasteiger partial charge in [-0.05, 0) is 0 Å². The third kappa shape index (κ3) is 2.81. The first-order chi connectivity index (χ1) is 5.29. The van der Waals surface area contributed by atoms with Crippen molar-refractivity contribution >= 4 is 5.97 Å². The van der Waals surface area contributed by atoms with Crippen LogP contribution in [0.1, 0.15) is 5.69 Å². The maximum atomic E-state index is 10.0. The van der Waals surface area contributed by atoms with Gasteiger partial charge >= 0.3 is 5.97 Å². The fraction of sp³-hybridized carbons (Fsp3) is 0.333. The van der Waals surface area contributed by atoms with Crippen molar-refractivity contribution in [2.75, 3.05) is 6.54 Å². The van der Waals surface area contributed by atoms with E-state index in [1.54, 1.807) is 12.5 Å². The Kier molecular flexibility index (Phi) is 2.62. The predicted octanol–water partition coefficient (Wildman–Crippen LogP) is -0.416. The Morgan fingerprint density at radius 1 is 1.82 bits per heavy atom. The molecule has 0 saturated carbocycles. The van der Waals surface area contributed by atoms with Crippen LogP contribution in [0.5, 0.6) is 0 Å². The van der Waals surface area contributed by atoms with Crippen molar-refractivity contribution in [3.05, 3.63) is 18.2 Å². The molecule has 0 unspecified atom stereocenters. The molecule has 1 heterocycles. The molecule has 0 saturated heterocycles. The van der Waals surface area contributed by atoms with E-state index in [1.165, 1.54) is 0 Å². The van der Waals surface area contributed by atoms with Gasteiger partial charge in [0.05, 0.1) is 12.9 Å². The Balaban J connectivity index is 2.19. The van der Waals surface area contributed by atoms with Crippen molar-refractivity contribution in [3.8, 4) is 0 Å². The van der Waals surface area contributed by atoms with Gasteiger partial charge in [-0.1, -0.05) is 0 Å². The lowest BCUT2D eigenvalue weighted by molar-refractivity contribution is -0.135. The molecule has 5 heteroatoms. The van der Waals surface area contributed by atoms with E-state index in [9.17, 15) is 4.79 Å². The van der Waals surface area contributed by atoms with Crippen molar-refractivity contribution in [2.24, 2.45) is 0 Å². The Morgan fingerprint density at radius 3 is 3.18 bits per heavy atom.